The lowest BCUT2D eigenvalue weighted by molar-refractivity contribution is -0.119. The Labute approximate surface area is 389 Å². The van der Waals surface area contributed by atoms with E-state index in [9.17, 15) is 9.59 Å². The molecule has 2 aromatic heterocycles. The molecule has 10 nitrogen and oxygen atoms in total. The van der Waals surface area contributed by atoms with Gasteiger partial charge in [-0.25, -0.2) is 0 Å². The normalized spacial score (nSPS) is 19.0. The van der Waals surface area contributed by atoms with Crippen molar-refractivity contribution in [3.05, 3.63) is 156 Å². The maximum atomic E-state index is 13.6. The Morgan fingerprint density at radius 2 is 0.985 bits per heavy atom. The number of fused-ring (bicyclic) bond motifs is 4. The third kappa shape index (κ3) is 9.22. The van der Waals surface area contributed by atoms with Gasteiger partial charge in [0, 0.05) is 140 Å². The molecule has 4 aliphatic heterocycles. The standard InChI is InChI=1S/C29H30N4O.C27H34N4O/c34-29(23-8-2-1-3-9-23)33-24(14-13-22-7-4-5-11-27(22)33)21-31-17-19-32(20-18-31)28-12-6-10-26-25(28)15-16-30-26;1-2-3-11-27(32)31-22(13-12-21-7-4-5-9-25(21)31)20-29-16-18-30(19-17-29)26-10-6-8-24-23(26)14-15-28-24/h1-12,15-16,24,30H,13-14,17-21H2;4-10,14-15,22,28H,2-3,11-13,16-20H2,1H3. The number of aromatic amines is 2. The molecular formula is C56H64N8O2. The summed E-state index contributed by atoms with van der Waals surface area (Å²) in [5.41, 5.74) is 10.6. The molecule has 10 heteroatoms. The van der Waals surface area contributed by atoms with Gasteiger partial charge in [0.1, 0.15) is 0 Å². The molecule has 6 heterocycles. The average molecular weight is 881 g/mol. The number of anilines is 4. The molecule has 0 saturated carbocycles. The van der Waals surface area contributed by atoms with Crippen LogP contribution < -0.4 is 19.6 Å². The van der Waals surface area contributed by atoms with E-state index in [0.29, 0.717) is 12.3 Å². The maximum Gasteiger partial charge on any atom is 0.258 e. The number of benzene rings is 5. The van der Waals surface area contributed by atoms with Gasteiger partial charge in [-0.3, -0.25) is 19.4 Å². The van der Waals surface area contributed by atoms with Crippen LogP contribution in [0.1, 0.15) is 60.5 Å². The van der Waals surface area contributed by atoms with Gasteiger partial charge in [-0.15, -0.1) is 0 Å². The second kappa shape index (κ2) is 20.0. The topological polar surface area (TPSA) is 85.2 Å². The number of hydrogen-bond acceptors (Lipinski definition) is 6. The molecule has 0 radical (unpaired) electrons. The van der Waals surface area contributed by atoms with Gasteiger partial charge in [0.15, 0.2) is 0 Å². The number of amides is 2. The van der Waals surface area contributed by atoms with Crippen LogP contribution in [0.2, 0.25) is 0 Å². The molecule has 2 unspecified atom stereocenters. The third-order valence-corrected chi connectivity index (χ3v) is 14.5. The van der Waals surface area contributed by atoms with Crippen LogP contribution in [0.5, 0.6) is 0 Å². The summed E-state index contributed by atoms with van der Waals surface area (Å²) < 4.78 is 0. The monoisotopic (exact) mass is 881 g/mol. The zero-order valence-electron chi connectivity index (χ0n) is 38.5. The summed E-state index contributed by atoms with van der Waals surface area (Å²) >= 11 is 0. The Morgan fingerprint density at radius 3 is 1.52 bits per heavy atom. The Hall–Kier alpha value is -6.36. The number of hydrogen-bond donors (Lipinski definition) is 2. The van der Waals surface area contributed by atoms with E-state index in [1.165, 1.54) is 44.3 Å². The van der Waals surface area contributed by atoms with E-state index < -0.39 is 0 Å². The van der Waals surface area contributed by atoms with E-state index in [0.717, 1.165) is 121 Å². The molecule has 2 saturated heterocycles. The van der Waals surface area contributed by atoms with Crippen LogP contribution in [0.15, 0.2) is 140 Å². The number of nitrogens with one attached hydrogen (secondary N) is 2. The van der Waals surface area contributed by atoms with Crippen molar-refractivity contribution in [2.75, 3.05) is 85.0 Å². The van der Waals surface area contributed by atoms with Gasteiger partial charge in [0.25, 0.3) is 5.91 Å². The number of unbranched alkanes of at least 4 members (excludes halogenated alkanes) is 1. The number of aryl methyl sites for hydroxylation is 2. The number of nitrogens with zero attached hydrogens (tertiary/aromatic N) is 6. The highest BCUT2D eigenvalue weighted by atomic mass is 16.2. The van der Waals surface area contributed by atoms with Gasteiger partial charge in [-0.1, -0.05) is 80.1 Å². The van der Waals surface area contributed by atoms with Crippen molar-refractivity contribution >= 4 is 56.4 Å². The Balaban J connectivity index is 0.000000155. The quantitative estimate of drug-likeness (QED) is 0.142. The Morgan fingerprint density at radius 1 is 0.515 bits per heavy atom. The Kier molecular flexibility index (Phi) is 13.2. The van der Waals surface area contributed by atoms with Gasteiger partial charge in [0.05, 0.1) is 6.04 Å². The van der Waals surface area contributed by atoms with E-state index >= 15 is 0 Å². The molecule has 66 heavy (non-hydrogen) atoms. The van der Waals surface area contributed by atoms with Gasteiger partial charge >= 0.3 is 0 Å². The molecule has 340 valence electrons. The van der Waals surface area contributed by atoms with Crippen molar-refractivity contribution in [3.63, 3.8) is 0 Å². The second-order valence-corrected chi connectivity index (χ2v) is 18.6. The van der Waals surface area contributed by atoms with Crippen molar-refractivity contribution in [1.82, 2.24) is 19.8 Å². The van der Waals surface area contributed by atoms with Crippen LogP contribution in [-0.4, -0.2) is 109 Å². The largest absolute Gasteiger partial charge is 0.368 e. The second-order valence-electron chi connectivity index (χ2n) is 18.6. The minimum absolute atomic E-state index is 0.107. The number of piperazine rings is 2. The summed E-state index contributed by atoms with van der Waals surface area (Å²) in [5.74, 6) is 0.400. The molecule has 7 aromatic rings. The molecule has 5 aromatic carbocycles. The number of H-pyrrole nitrogens is 2. The molecule has 2 fully saturated rings. The van der Waals surface area contributed by atoms with Gasteiger partial charge < -0.3 is 29.6 Å². The fourth-order valence-electron chi connectivity index (χ4n) is 11.0. The molecule has 0 spiro atoms. The fourth-order valence-corrected chi connectivity index (χ4v) is 11.0. The molecule has 0 bridgehead atoms. The highest BCUT2D eigenvalue weighted by Gasteiger charge is 2.35. The first-order valence-electron chi connectivity index (χ1n) is 24.5. The first kappa shape index (κ1) is 43.5. The molecule has 2 atom stereocenters. The van der Waals surface area contributed by atoms with Crippen molar-refractivity contribution in [2.24, 2.45) is 0 Å². The van der Waals surface area contributed by atoms with Gasteiger partial charge in [-0.05, 0) is 104 Å². The molecule has 2 N–H and O–H groups in total. The molecule has 4 aliphatic rings. The van der Waals surface area contributed by atoms with Crippen molar-refractivity contribution < 1.29 is 9.59 Å². The van der Waals surface area contributed by atoms with Gasteiger partial charge in [0.2, 0.25) is 5.91 Å². The van der Waals surface area contributed by atoms with E-state index in [1.54, 1.807) is 0 Å². The zero-order chi connectivity index (χ0) is 44.8. The van der Waals surface area contributed by atoms with Gasteiger partial charge in [-0.2, -0.15) is 0 Å². The lowest BCUT2D eigenvalue weighted by atomic mass is 9.94. The van der Waals surface area contributed by atoms with Crippen molar-refractivity contribution in [1.29, 1.82) is 0 Å². The lowest BCUT2D eigenvalue weighted by Gasteiger charge is -2.42. The fraction of sp³-hybridized carbons (Fsp3) is 0.357. The summed E-state index contributed by atoms with van der Waals surface area (Å²) in [7, 11) is 0. The van der Waals surface area contributed by atoms with Crippen LogP contribution in [0, 0.1) is 0 Å². The average Bonchev–Trinajstić information content (AvgIpc) is 4.07. The SMILES string of the molecule is CCCCC(=O)N1c2ccccc2CCC1CN1CCN(c2cccc3[nH]ccc23)CC1.O=C(c1ccccc1)N1c2ccccc2CCC1CN1CCN(c2cccc3[nH]ccc23)CC1. The highest BCUT2D eigenvalue weighted by Crippen LogP contribution is 2.35. The zero-order valence-corrected chi connectivity index (χ0v) is 38.5. The summed E-state index contributed by atoms with van der Waals surface area (Å²) in [5, 5.41) is 2.59. The predicted octanol–water partition coefficient (Wildman–Crippen LogP) is 9.78. The van der Waals surface area contributed by atoms with Crippen LogP contribution in [0.4, 0.5) is 22.7 Å². The number of carbonyl (C=O) groups excluding carboxylic acids is 2. The van der Waals surface area contributed by atoms with E-state index in [1.807, 2.05) is 48.8 Å². The third-order valence-electron chi connectivity index (χ3n) is 14.5. The molecule has 11 rings (SSSR count). The maximum absolute atomic E-state index is 13.6. The minimum Gasteiger partial charge on any atom is -0.368 e. The lowest BCUT2D eigenvalue weighted by Crippen LogP contribution is -2.54. The van der Waals surface area contributed by atoms with Crippen LogP contribution in [0.25, 0.3) is 21.8 Å². The number of aromatic nitrogens is 2. The summed E-state index contributed by atoms with van der Waals surface area (Å²) in [6, 6.07) is 44.4. The first-order valence-corrected chi connectivity index (χ1v) is 24.5. The van der Waals surface area contributed by atoms with E-state index in [4.69, 9.17) is 0 Å². The summed E-state index contributed by atoms with van der Waals surface area (Å²) in [6.07, 6.45) is 10.9. The van der Waals surface area contributed by atoms with Crippen molar-refractivity contribution in [2.45, 2.75) is 64.0 Å². The number of para-hydroxylation sites is 2. The van der Waals surface area contributed by atoms with Crippen LogP contribution in [0.3, 0.4) is 0 Å². The smallest absolute Gasteiger partial charge is 0.258 e. The van der Waals surface area contributed by atoms with Crippen LogP contribution >= 0.6 is 0 Å². The molecular weight excluding hydrogens is 817 g/mol. The van der Waals surface area contributed by atoms with Crippen molar-refractivity contribution in [3.8, 4) is 0 Å². The number of carbonyl (C=O) groups is 2. The number of rotatable bonds is 10. The predicted molar refractivity (Wildman–Crippen MR) is 271 cm³/mol. The summed E-state index contributed by atoms with van der Waals surface area (Å²) in [4.78, 5) is 47.8. The minimum atomic E-state index is 0.107. The highest BCUT2D eigenvalue weighted by molar-refractivity contribution is 6.07. The van der Waals surface area contributed by atoms with E-state index in [2.05, 4.69) is 137 Å². The molecule has 2 amide bonds. The Bertz CT molecular complexity index is 2730. The molecule has 0 aliphatic carbocycles. The first-order chi connectivity index (χ1) is 32.5. The van der Waals surface area contributed by atoms with Crippen LogP contribution in [-0.2, 0) is 17.6 Å². The van der Waals surface area contributed by atoms with E-state index in [-0.39, 0.29) is 18.0 Å². The summed E-state index contributed by atoms with van der Waals surface area (Å²) in [6.45, 7) is 12.2.